The molecule has 1 N–H and O–H groups in total. The van der Waals surface area contributed by atoms with Crippen LogP contribution >= 0.6 is 35.6 Å². The quantitative estimate of drug-likeness (QED) is 0.285. The fourth-order valence-electron chi connectivity index (χ4n) is 2.81. The molecule has 0 fully saturated rings. The molecule has 7 nitrogen and oxygen atoms in total. The normalized spacial score (nSPS) is 11.2. The maximum atomic E-state index is 6.02. The molecule has 0 saturated carbocycles. The second-order valence-electron chi connectivity index (χ2n) is 6.47. The minimum absolute atomic E-state index is 0. The van der Waals surface area contributed by atoms with Crippen molar-refractivity contribution in [1.82, 2.24) is 24.9 Å². The summed E-state index contributed by atoms with van der Waals surface area (Å²) in [4.78, 5) is 11.2. The van der Waals surface area contributed by atoms with Crippen LogP contribution in [0, 0.1) is 0 Å². The molecule has 0 bridgehead atoms. The first-order chi connectivity index (χ1) is 13.6. The van der Waals surface area contributed by atoms with E-state index in [2.05, 4.69) is 42.9 Å². The Balaban J connectivity index is 0.00000300. The number of guanidine groups is 1. The highest BCUT2D eigenvalue weighted by molar-refractivity contribution is 14.0. The third-order valence-corrected chi connectivity index (χ3v) is 4.52. The van der Waals surface area contributed by atoms with Crippen LogP contribution in [0.15, 0.2) is 52.1 Å². The summed E-state index contributed by atoms with van der Waals surface area (Å²) < 4.78 is 7.46. The lowest BCUT2D eigenvalue weighted by Gasteiger charge is -2.22. The average molecular weight is 529 g/mol. The Morgan fingerprint density at radius 3 is 2.83 bits per heavy atom. The summed E-state index contributed by atoms with van der Waals surface area (Å²) in [7, 11) is 4.07. The standard InChI is InChI=1S/C20H25ClN6O.HI/c1-4-22-20(27(3)14-17-9-6-12-26(17)2)23-11-10-18-24-19(25-28-18)15-7-5-8-16(21)13-15;/h5-9,12-13H,4,10-11,14H2,1-3H3,(H,22,23);1H. The van der Waals surface area contributed by atoms with E-state index in [4.69, 9.17) is 16.1 Å². The van der Waals surface area contributed by atoms with E-state index in [0.29, 0.717) is 29.7 Å². The van der Waals surface area contributed by atoms with E-state index in [1.165, 1.54) is 5.69 Å². The molecule has 3 aromatic rings. The molecule has 29 heavy (non-hydrogen) atoms. The summed E-state index contributed by atoms with van der Waals surface area (Å²) in [5, 5.41) is 8.00. The van der Waals surface area contributed by atoms with Crippen LogP contribution in [0.5, 0.6) is 0 Å². The number of hydrogen-bond donors (Lipinski definition) is 1. The molecule has 2 aromatic heterocycles. The summed E-state index contributed by atoms with van der Waals surface area (Å²) in [6.45, 7) is 4.18. The first kappa shape index (κ1) is 23.2. The zero-order valence-corrected chi connectivity index (χ0v) is 19.9. The van der Waals surface area contributed by atoms with Crippen molar-refractivity contribution < 1.29 is 4.52 Å². The van der Waals surface area contributed by atoms with Crippen molar-refractivity contribution in [1.29, 1.82) is 0 Å². The van der Waals surface area contributed by atoms with E-state index in [1.54, 1.807) is 0 Å². The molecule has 156 valence electrons. The minimum atomic E-state index is 0. The summed E-state index contributed by atoms with van der Waals surface area (Å²) >= 11 is 6.02. The third-order valence-electron chi connectivity index (χ3n) is 4.29. The van der Waals surface area contributed by atoms with Crippen LogP contribution < -0.4 is 5.32 Å². The number of nitrogens with one attached hydrogen (secondary N) is 1. The van der Waals surface area contributed by atoms with Gasteiger partial charge in [0.05, 0.1) is 13.1 Å². The Morgan fingerprint density at radius 1 is 1.31 bits per heavy atom. The van der Waals surface area contributed by atoms with Gasteiger partial charge in [-0.2, -0.15) is 4.98 Å². The van der Waals surface area contributed by atoms with Crippen LogP contribution in [0.2, 0.25) is 5.02 Å². The van der Waals surface area contributed by atoms with Crippen molar-refractivity contribution in [2.75, 3.05) is 20.1 Å². The molecule has 1 aromatic carbocycles. The van der Waals surface area contributed by atoms with Gasteiger partial charge in [0.1, 0.15) is 0 Å². The number of benzene rings is 1. The highest BCUT2D eigenvalue weighted by Crippen LogP contribution is 2.20. The average Bonchev–Trinajstić information content (AvgIpc) is 3.30. The van der Waals surface area contributed by atoms with E-state index in [9.17, 15) is 0 Å². The first-order valence-electron chi connectivity index (χ1n) is 9.25. The van der Waals surface area contributed by atoms with Gasteiger partial charge in [0.2, 0.25) is 11.7 Å². The fourth-order valence-corrected chi connectivity index (χ4v) is 3.00. The van der Waals surface area contributed by atoms with E-state index in [-0.39, 0.29) is 24.0 Å². The van der Waals surface area contributed by atoms with Gasteiger partial charge in [0, 0.05) is 49.5 Å². The van der Waals surface area contributed by atoms with Gasteiger partial charge in [-0.05, 0) is 31.2 Å². The molecular weight excluding hydrogens is 503 g/mol. The van der Waals surface area contributed by atoms with Crippen molar-refractivity contribution in [3.63, 3.8) is 0 Å². The highest BCUT2D eigenvalue weighted by Gasteiger charge is 2.11. The molecular formula is C20H26ClIN6O. The maximum absolute atomic E-state index is 6.02. The zero-order chi connectivity index (χ0) is 19.9. The number of aromatic nitrogens is 3. The first-order valence-corrected chi connectivity index (χ1v) is 9.62. The molecule has 0 aliphatic rings. The summed E-state index contributed by atoms with van der Waals surface area (Å²) in [6, 6.07) is 11.5. The van der Waals surface area contributed by atoms with E-state index in [1.807, 2.05) is 50.6 Å². The second-order valence-corrected chi connectivity index (χ2v) is 6.91. The predicted molar refractivity (Wildman–Crippen MR) is 127 cm³/mol. The van der Waals surface area contributed by atoms with Crippen molar-refractivity contribution >= 4 is 41.5 Å². The van der Waals surface area contributed by atoms with Gasteiger partial charge >= 0.3 is 0 Å². The number of rotatable bonds is 7. The Hall–Kier alpha value is -2.07. The zero-order valence-electron chi connectivity index (χ0n) is 16.8. The Bertz CT molecular complexity index is 938. The number of halogens is 2. The van der Waals surface area contributed by atoms with Crippen LogP contribution in [0.25, 0.3) is 11.4 Å². The van der Waals surface area contributed by atoms with Gasteiger partial charge in [0.25, 0.3) is 0 Å². The molecule has 0 aliphatic heterocycles. The SMILES string of the molecule is CCNC(=NCCc1nc(-c2cccc(Cl)c2)no1)N(C)Cc1cccn1C.I. The number of hydrogen-bond acceptors (Lipinski definition) is 4. The lowest BCUT2D eigenvalue weighted by Crippen LogP contribution is -2.39. The van der Waals surface area contributed by atoms with E-state index in [0.717, 1.165) is 24.6 Å². The largest absolute Gasteiger partial charge is 0.357 e. The van der Waals surface area contributed by atoms with E-state index >= 15 is 0 Å². The van der Waals surface area contributed by atoms with Crippen LogP contribution in [0.3, 0.4) is 0 Å². The van der Waals surface area contributed by atoms with Gasteiger partial charge in [0.15, 0.2) is 5.96 Å². The van der Waals surface area contributed by atoms with Crippen molar-refractivity contribution in [3.8, 4) is 11.4 Å². The lowest BCUT2D eigenvalue weighted by atomic mass is 10.2. The van der Waals surface area contributed by atoms with Gasteiger partial charge in [-0.15, -0.1) is 24.0 Å². The number of nitrogens with zero attached hydrogens (tertiary/aromatic N) is 5. The summed E-state index contributed by atoms with van der Waals surface area (Å²) in [5.41, 5.74) is 2.05. The molecule has 0 unspecified atom stereocenters. The molecule has 9 heteroatoms. The number of aliphatic imine (C=N–C) groups is 1. The molecule has 0 spiro atoms. The van der Waals surface area contributed by atoms with Crippen molar-refractivity contribution in [3.05, 3.63) is 59.2 Å². The summed E-state index contributed by atoms with van der Waals surface area (Å²) in [5.74, 6) is 1.94. The maximum Gasteiger partial charge on any atom is 0.228 e. The van der Waals surface area contributed by atoms with Crippen molar-refractivity contribution in [2.24, 2.45) is 12.0 Å². The molecule has 0 atom stereocenters. The lowest BCUT2D eigenvalue weighted by molar-refractivity contribution is 0.379. The molecule has 0 radical (unpaired) electrons. The Kier molecular flexibility index (Phi) is 8.97. The topological polar surface area (TPSA) is 71.5 Å². The molecule has 0 amide bonds. The second kappa shape index (κ2) is 11.2. The third kappa shape index (κ3) is 6.46. The van der Waals surface area contributed by atoms with Crippen LogP contribution in [-0.2, 0) is 20.0 Å². The van der Waals surface area contributed by atoms with Gasteiger partial charge in [-0.25, -0.2) is 0 Å². The van der Waals surface area contributed by atoms with Gasteiger partial charge in [-0.3, -0.25) is 4.99 Å². The van der Waals surface area contributed by atoms with Gasteiger partial charge in [-0.1, -0.05) is 28.9 Å². The minimum Gasteiger partial charge on any atom is -0.357 e. The predicted octanol–water partition coefficient (Wildman–Crippen LogP) is 3.99. The highest BCUT2D eigenvalue weighted by atomic mass is 127. The van der Waals surface area contributed by atoms with Gasteiger partial charge < -0.3 is 19.3 Å². The van der Waals surface area contributed by atoms with Crippen LogP contribution in [-0.4, -0.2) is 45.7 Å². The molecule has 0 saturated heterocycles. The van der Waals surface area contributed by atoms with Crippen LogP contribution in [0.1, 0.15) is 18.5 Å². The van der Waals surface area contributed by atoms with Crippen molar-refractivity contribution in [2.45, 2.75) is 19.9 Å². The monoisotopic (exact) mass is 528 g/mol. The fraction of sp³-hybridized carbons (Fsp3) is 0.350. The molecule has 3 rings (SSSR count). The Labute approximate surface area is 193 Å². The molecule has 0 aliphatic carbocycles. The molecule has 2 heterocycles. The summed E-state index contributed by atoms with van der Waals surface area (Å²) in [6.07, 6.45) is 2.61. The van der Waals surface area contributed by atoms with E-state index < -0.39 is 0 Å². The Morgan fingerprint density at radius 2 is 2.14 bits per heavy atom. The van der Waals surface area contributed by atoms with Crippen LogP contribution in [0.4, 0.5) is 0 Å². The number of aryl methyl sites for hydroxylation is 1. The smallest absolute Gasteiger partial charge is 0.228 e.